The van der Waals surface area contributed by atoms with Crippen LogP contribution < -0.4 is 15.2 Å². The molecule has 106 valence electrons. The van der Waals surface area contributed by atoms with Crippen molar-refractivity contribution in [2.24, 2.45) is 0 Å². The van der Waals surface area contributed by atoms with Crippen LogP contribution in [-0.2, 0) is 0 Å². The van der Waals surface area contributed by atoms with Gasteiger partial charge in [-0.3, -0.25) is 0 Å². The van der Waals surface area contributed by atoms with Gasteiger partial charge < -0.3 is 15.2 Å². The van der Waals surface area contributed by atoms with E-state index in [2.05, 4.69) is 30.6 Å². The summed E-state index contributed by atoms with van der Waals surface area (Å²) in [6.45, 7) is 0. The first-order valence-corrected chi connectivity index (χ1v) is 5.94. The fourth-order valence-corrected chi connectivity index (χ4v) is 1.54. The summed E-state index contributed by atoms with van der Waals surface area (Å²) >= 11 is 3.14. The molecule has 0 saturated carbocycles. The van der Waals surface area contributed by atoms with Crippen LogP contribution in [0.15, 0.2) is 35.1 Å². The number of hydrogen-bond donors (Lipinski definition) is 1. The maximum atomic E-state index is 12.0. The van der Waals surface area contributed by atoms with Gasteiger partial charge >= 0.3 is 6.36 Å². The second-order valence-electron chi connectivity index (χ2n) is 3.50. The molecule has 0 aliphatic rings. The van der Waals surface area contributed by atoms with E-state index in [1.165, 1.54) is 18.5 Å². The van der Waals surface area contributed by atoms with Crippen molar-refractivity contribution in [3.8, 4) is 17.4 Å². The van der Waals surface area contributed by atoms with Gasteiger partial charge in [-0.15, -0.1) is 13.2 Å². The molecule has 0 atom stereocenters. The largest absolute Gasteiger partial charge is 0.573 e. The van der Waals surface area contributed by atoms with Gasteiger partial charge in [-0.25, -0.2) is 9.97 Å². The SMILES string of the molecule is Nc1ncnc(Oc2ccc(OC(F)(F)F)cc2)c1Br. The fourth-order valence-electron chi connectivity index (χ4n) is 1.26. The lowest BCUT2D eigenvalue weighted by molar-refractivity contribution is -0.274. The number of rotatable bonds is 3. The average molecular weight is 350 g/mol. The van der Waals surface area contributed by atoms with Crippen LogP contribution in [-0.4, -0.2) is 16.3 Å². The van der Waals surface area contributed by atoms with Crippen LogP contribution in [0.5, 0.6) is 17.4 Å². The van der Waals surface area contributed by atoms with E-state index < -0.39 is 6.36 Å². The molecule has 2 N–H and O–H groups in total. The van der Waals surface area contributed by atoms with Crippen LogP contribution in [0.1, 0.15) is 0 Å². The molecule has 0 spiro atoms. The Balaban J connectivity index is 2.13. The molecule has 0 saturated heterocycles. The summed E-state index contributed by atoms with van der Waals surface area (Å²) in [5, 5.41) is 0. The summed E-state index contributed by atoms with van der Waals surface area (Å²) in [6.07, 6.45) is -3.52. The molecule has 0 aliphatic carbocycles. The van der Waals surface area contributed by atoms with Gasteiger partial charge in [0.2, 0.25) is 5.88 Å². The first-order valence-electron chi connectivity index (χ1n) is 5.15. The third kappa shape index (κ3) is 3.73. The van der Waals surface area contributed by atoms with Crippen LogP contribution in [0.25, 0.3) is 0 Å². The number of benzene rings is 1. The van der Waals surface area contributed by atoms with Crippen LogP contribution in [0.4, 0.5) is 19.0 Å². The molecule has 0 radical (unpaired) electrons. The molecule has 9 heteroatoms. The number of nitrogens with two attached hydrogens (primary N) is 1. The minimum absolute atomic E-state index is 0.155. The van der Waals surface area contributed by atoms with Crippen molar-refractivity contribution in [1.29, 1.82) is 0 Å². The Morgan fingerprint density at radius 3 is 2.25 bits per heavy atom. The third-order valence-corrected chi connectivity index (χ3v) is 2.80. The molecule has 5 nitrogen and oxygen atoms in total. The van der Waals surface area contributed by atoms with Crippen molar-refractivity contribution in [2.75, 3.05) is 5.73 Å². The molecule has 0 fully saturated rings. The lowest BCUT2D eigenvalue weighted by Crippen LogP contribution is -2.16. The Labute approximate surface area is 119 Å². The molecule has 20 heavy (non-hydrogen) atoms. The zero-order valence-electron chi connectivity index (χ0n) is 9.69. The van der Waals surface area contributed by atoms with Gasteiger partial charge in [0.05, 0.1) is 0 Å². The highest BCUT2D eigenvalue weighted by molar-refractivity contribution is 9.10. The first-order chi connectivity index (χ1) is 9.35. The summed E-state index contributed by atoms with van der Waals surface area (Å²) in [5.74, 6) is 0.276. The number of halogens is 4. The van der Waals surface area contributed by atoms with E-state index in [4.69, 9.17) is 10.5 Å². The minimum Gasteiger partial charge on any atom is -0.438 e. The molecule has 2 rings (SSSR count). The predicted molar refractivity (Wildman–Crippen MR) is 67.3 cm³/mol. The highest BCUT2D eigenvalue weighted by Gasteiger charge is 2.30. The number of ether oxygens (including phenoxy) is 2. The topological polar surface area (TPSA) is 70.3 Å². The van der Waals surface area contributed by atoms with Crippen molar-refractivity contribution in [3.63, 3.8) is 0 Å². The molecule has 1 heterocycles. The van der Waals surface area contributed by atoms with Gasteiger partial charge in [0.25, 0.3) is 0 Å². The van der Waals surface area contributed by atoms with E-state index in [0.717, 1.165) is 12.1 Å². The van der Waals surface area contributed by atoms with Gasteiger partial charge in [-0.1, -0.05) is 0 Å². The quantitative estimate of drug-likeness (QED) is 0.917. The van der Waals surface area contributed by atoms with Gasteiger partial charge in [0, 0.05) is 0 Å². The molecular weight excluding hydrogens is 343 g/mol. The normalized spacial score (nSPS) is 11.2. The predicted octanol–water partition coefficient (Wildman–Crippen LogP) is 3.51. The van der Waals surface area contributed by atoms with Crippen LogP contribution >= 0.6 is 15.9 Å². The van der Waals surface area contributed by atoms with Crippen LogP contribution in [0.2, 0.25) is 0 Å². The first kappa shape index (κ1) is 14.4. The Bertz CT molecular complexity index is 605. The summed E-state index contributed by atoms with van der Waals surface area (Å²) in [5.41, 5.74) is 5.54. The highest BCUT2D eigenvalue weighted by atomic mass is 79.9. The average Bonchev–Trinajstić information content (AvgIpc) is 2.35. The molecule has 0 unspecified atom stereocenters. The summed E-state index contributed by atoms with van der Waals surface area (Å²) in [6, 6.07) is 4.88. The maximum absolute atomic E-state index is 12.0. The number of aromatic nitrogens is 2. The van der Waals surface area contributed by atoms with Gasteiger partial charge in [-0.05, 0) is 40.2 Å². The molecule has 0 bridgehead atoms. The molecule has 0 amide bonds. The van der Waals surface area contributed by atoms with E-state index in [-0.39, 0.29) is 23.2 Å². The van der Waals surface area contributed by atoms with E-state index >= 15 is 0 Å². The lowest BCUT2D eigenvalue weighted by Gasteiger charge is -2.10. The minimum atomic E-state index is -4.73. The van der Waals surface area contributed by atoms with Crippen LogP contribution in [0, 0.1) is 0 Å². The van der Waals surface area contributed by atoms with Gasteiger partial charge in [-0.2, -0.15) is 0 Å². The van der Waals surface area contributed by atoms with E-state index in [0.29, 0.717) is 4.47 Å². The van der Waals surface area contributed by atoms with Crippen molar-refractivity contribution in [3.05, 3.63) is 35.1 Å². The van der Waals surface area contributed by atoms with Gasteiger partial charge in [0.15, 0.2) is 0 Å². The Hall–Kier alpha value is -2.03. The zero-order chi connectivity index (χ0) is 14.8. The summed E-state index contributed by atoms with van der Waals surface area (Å²) < 4.78 is 45.4. The maximum Gasteiger partial charge on any atom is 0.573 e. The summed E-state index contributed by atoms with van der Waals surface area (Å²) in [7, 11) is 0. The second-order valence-corrected chi connectivity index (χ2v) is 4.29. The summed E-state index contributed by atoms with van der Waals surface area (Å²) in [4.78, 5) is 7.57. The van der Waals surface area contributed by atoms with Crippen molar-refractivity contribution < 1.29 is 22.6 Å². The molecule has 1 aromatic carbocycles. The molecule has 2 aromatic rings. The number of nitrogen functional groups attached to an aromatic ring is 1. The second kappa shape index (κ2) is 5.53. The van der Waals surface area contributed by atoms with Crippen molar-refractivity contribution >= 4 is 21.7 Å². The van der Waals surface area contributed by atoms with E-state index in [1.807, 2.05) is 0 Å². The standard InChI is InChI=1S/C11H7BrF3N3O2/c12-8-9(16)17-5-18-10(8)19-6-1-3-7(4-2-6)20-11(13,14)15/h1-5H,(H2,16,17,18). The monoisotopic (exact) mass is 349 g/mol. The van der Waals surface area contributed by atoms with E-state index in [1.54, 1.807) is 0 Å². The third-order valence-electron chi connectivity index (χ3n) is 2.06. The molecule has 1 aromatic heterocycles. The lowest BCUT2D eigenvalue weighted by atomic mass is 10.3. The smallest absolute Gasteiger partial charge is 0.438 e. The number of anilines is 1. The number of hydrogen-bond acceptors (Lipinski definition) is 5. The van der Waals surface area contributed by atoms with E-state index in [9.17, 15) is 13.2 Å². The Kier molecular flexibility index (Phi) is 3.98. The molecular formula is C11H7BrF3N3O2. The Morgan fingerprint density at radius 1 is 1.05 bits per heavy atom. The van der Waals surface area contributed by atoms with Gasteiger partial charge in [0.1, 0.15) is 28.1 Å². The van der Waals surface area contributed by atoms with Crippen molar-refractivity contribution in [1.82, 2.24) is 9.97 Å². The molecule has 0 aliphatic heterocycles. The Morgan fingerprint density at radius 2 is 1.65 bits per heavy atom. The fraction of sp³-hybridized carbons (Fsp3) is 0.0909. The van der Waals surface area contributed by atoms with Crippen molar-refractivity contribution in [2.45, 2.75) is 6.36 Å². The number of nitrogens with zero attached hydrogens (tertiary/aromatic N) is 2. The number of alkyl halides is 3. The highest BCUT2D eigenvalue weighted by Crippen LogP contribution is 2.31. The zero-order valence-corrected chi connectivity index (χ0v) is 11.3. The van der Waals surface area contributed by atoms with Crippen LogP contribution in [0.3, 0.4) is 0 Å².